The summed E-state index contributed by atoms with van der Waals surface area (Å²) in [5.74, 6) is 2.77. The molecule has 1 saturated carbocycles. The van der Waals surface area contributed by atoms with Crippen molar-refractivity contribution in [2.75, 3.05) is 0 Å². The zero-order valence-electron chi connectivity index (χ0n) is 14.9. The minimum Gasteiger partial charge on any atom is -0.0654 e. The number of benzene rings is 1. The fourth-order valence-electron chi connectivity index (χ4n) is 4.46. The third-order valence-electron chi connectivity index (χ3n) is 5.84. The summed E-state index contributed by atoms with van der Waals surface area (Å²) in [6, 6.07) is 11.2. The predicted octanol–water partition coefficient (Wildman–Crippen LogP) is 7.35. The van der Waals surface area contributed by atoms with Gasteiger partial charge in [0, 0.05) is 0 Å². The van der Waals surface area contributed by atoms with Gasteiger partial charge in [-0.15, -0.1) is 0 Å². The summed E-state index contributed by atoms with van der Waals surface area (Å²) < 4.78 is 0. The van der Waals surface area contributed by atoms with Crippen LogP contribution in [0.25, 0.3) is 0 Å². The second kappa shape index (κ2) is 10.1. The van der Waals surface area contributed by atoms with Gasteiger partial charge in [0.1, 0.15) is 0 Å². The summed E-state index contributed by atoms with van der Waals surface area (Å²) in [5.41, 5.74) is 1.58. The maximum Gasteiger partial charge on any atom is -0.0136 e. The fourth-order valence-corrected chi connectivity index (χ4v) is 4.46. The molecule has 0 saturated heterocycles. The molecule has 1 aromatic rings. The first-order valence-electron chi connectivity index (χ1n) is 9.90. The highest BCUT2D eigenvalue weighted by molar-refractivity contribution is 5.20. The monoisotopic (exact) mass is 300 g/mol. The van der Waals surface area contributed by atoms with Crippen molar-refractivity contribution in [3.8, 4) is 0 Å². The first kappa shape index (κ1) is 17.6. The Morgan fingerprint density at radius 2 is 1.55 bits per heavy atom. The average Bonchev–Trinajstić information content (AvgIpc) is 2.58. The Bertz CT molecular complexity index is 372. The topological polar surface area (TPSA) is 0 Å². The Labute approximate surface area is 138 Å². The lowest BCUT2D eigenvalue weighted by Crippen LogP contribution is -2.20. The van der Waals surface area contributed by atoms with Crippen LogP contribution in [0.2, 0.25) is 0 Å². The standard InChI is InChI=1S/C22H36/c1-3-5-6-7-9-12-19-15-17-21(18-16-19)22(4-2)20-13-10-8-11-14-20/h8,10-11,13-14,19,21-22H,3-7,9,12,15-18H2,1-2H3. The molecule has 1 aromatic carbocycles. The van der Waals surface area contributed by atoms with E-state index >= 15 is 0 Å². The van der Waals surface area contributed by atoms with E-state index in [2.05, 4.69) is 44.2 Å². The van der Waals surface area contributed by atoms with Crippen LogP contribution < -0.4 is 0 Å². The second-order valence-corrected chi connectivity index (χ2v) is 7.41. The van der Waals surface area contributed by atoms with E-state index in [1.807, 2.05) is 0 Å². The van der Waals surface area contributed by atoms with Gasteiger partial charge in [-0.1, -0.05) is 95.5 Å². The molecule has 0 amide bonds. The molecule has 124 valence electrons. The maximum atomic E-state index is 2.37. The summed E-state index contributed by atoms with van der Waals surface area (Å²) >= 11 is 0. The highest BCUT2D eigenvalue weighted by Gasteiger charge is 2.27. The van der Waals surface area contributed by atoms with E-state index in [-0.39, 0.29) is 0 Å². The number of rotatable bonds is 9. The molecule has 0 aliphatic heterocycles. The van der Waals surface area contributed by atoms with Gasteiger partial charge in [0.2, 0.25) is 0 Å². The van der Waals surface area contributed by atoms with Gasteiger partial charge in [-0.25, -0.2) is 0 Å². The number of unbranched alkanes of at least 4 members (excludes halogenated alkanes) is 4. The van der Waals surface area contributed by atoms with E-state index < -0.39 is 0 Å². The lowest BCUT2D eigenvalue weighted by molar-refractivity contribution is 0.227. The zero-order chi connectivity index (χ0) is 15.6. The van der Waals surface area contributed by atoms with Gasteiger partial charge < -0.3 is 0 Å². The Morgan fingerprint density at radius 3 is 2.18 bits per heavy atom. The van der Waals surface area contributed by atoms with Crippen molar-refractivity contribution in [3.63, 3.8) is 0 Å². The molecule has 1 fully saturated rings. The molecule has 0 radical (unpaired) electrons. The molecule has 0 heteroatoms. The molecular formula is C22H36. The van der Waals surface area contributed by atoms with Crippen LogP contribution in [0.3, 0.4) is 0 Å². The van der Waals surface area contributed by atoms with Crippen molar-refractivity contribution in [2.45, 2.75) is 90.4 Å². The summed E-state index contributed by atoms with van der Waals surface area (Å²) in [6.07, 6.45) is 15.9. The molecule has 1 aliphatic carbocycles. The normalized spacial score (nSPS) is 23.4. The second-order valence-electron chi connectivity index (χ2n) is 7.41. The summed E-state index contributed by atoms with van der Waals surface area (Å²) in [5, 5.41) is 0. The molecule has 0 nitrogen and oxygen atoms in total. The van der Waals surface area contributed by atoms with Crippen molar-refractivity contribution < 1.29 is 0 Å². The molecule has 22 heavy (non-hydrogen) atoms. The Morgan fingerprint density at radius 1 is 0.864 bits per heavy atom. The van der Waals surface area contributed by atoms with Crippen LogP contribution >= 0.6 is 0 Å². The van der Waals surface area contributed by atoms with Crippen LogP contribution in [0.1, 0.15) is 96.0 Å². The van der Waals surface area contributed by atoms with Crippen LogP contribution in [0, 0.1) is 11.8 Å². The average molecular weight is 301 g/mol. The Kier molecular flexibility index (Phi) is 8.05. The first-order chi connectivity index (χ1) is 10.8. The van der Waals surface area contributed by atoms with Crippen LogP contribution in [0.15, 0.2) is 30.3 Å². The molecule has 1 unspecified atom stereocenters. The molecule has 0 spiro atoms. The quantitative estimate of drug-likeness (QED) is 0.418. The third-order valence-corrected chi connectivity index (χ3v) is 5.84. The van der Waals surface area contributed by atoms with Crippen molar-refractivity contribution in [1.82, 2.24) is 0 Å². The van der Waals surface area contributed by atoms with Crippen molar-refractivity contribution >= 4 is 0 Å². The van der Waals surface area contributed by atoms with Crippen molar-refractivity contribution in [3.05, 3.63) is 35.9 Å². The first-order valence-corrected chi connectivity index (χ1v) is 9.90. The molecule has 1 aliphatic rings. The van der Waals surface area contributed by atoms with E-state index in [1.165, 1.54) is 70.6 Å². The van der Waals surface area contributed by atoms with Crippen LogP contribution in [0.5, 0.6) is 0 Å². The van der Waals surface area contributed by atoms with Gasteiger partial charge in [-0.2, -0.15) is 0 Å². The van der Waals surface area contributed by atoms with E-state index in [1.54, 1.807) is 5.56 Å². The van der Waals surface area contributed by atoms with Gasteiger partial charge in [0.25, 0.3) is 0 Å². The lowest BCUT2D eigenvalue weighted by Gasteiger charge is -2.34. The van der Waals surface area contributed by atoms with Gasteiger partial charge in [-0.05, 0) is 42.6 Å². The van der Waals surface area contributed by atoms with Crippen molar-refractivity contribution in [2.24, 2.45) is 11.8 Å². The molecule has 0 aromatic heterocycles. The van der Waals surface area contributed by atoms with Gasteiger partial charge in [-0.3, -0.25) is 0 Å². The minimum atomic E-state index is 0.798. The van der Waals surface area contributed by atoms with E-state index in [4.69, 9.17) is 0 Å². The predicted molar refractivity (Wildman–Crippen MR) is 98.3 cm³/mol. The maximum absolute atomic E-state index is 2.37. The van der Waals surface area contributed by atoms with Gasteiger partial charge in [0.15, 0.2) is 0 Å². The summed E-state index contributed by atoms with van der Waals surface area (Å²) in [6.45, 7) is 4.68. The SMILES string of the molecule is CCCCCCCC1CCC(C(CC)c2ccccc2)CC1. The van der Waals surface area contributed by atoms with E-state index in [0.717, 1.165) is 17.8 Å². The molecule has 0 heterocycles. The minimum absolute atomic E-state index is 0.798. The van der Waals surface area contributed by atoms with Crippen molar-refractivity contribution in [1.29, 1.82) is 0 Å². The Balaban J connectivity index is 1.72. The largest absolute Gasteiger partial charge is 0.0654 e. The van der Waals surface area contributed by atoms with Gasteiger partial charge >= 0.3 is 0 Å². The third kappa shape index (κ3) is 5.45. The summed E-state index contributed by atoms with van der Waals surface area (Å²) in [7, 11) is 0. The number of hydrogen-bond acceptors (Lipinski definition) is 0. The lowest BCUT2D eigenvalue weighted by atomic mass is 9.72. The zero-order valence-corrected chi connectivity index (χ0v) is 14.9. The highest BCUT2D eigenvalue weighted by Crippen LogP contribution is 2.41. The molecule has 1 atom stereocenters. The van der Waals surface area contributed by atoms with Crippen LogP contribution in [0.4, 0.5) is 0 Å². The highest BCUT2D eigenvalue weighted by atomic mass is 14.3. The molecule has 0 N–H and O–H groups in total. The molecule has 2 rings (SSSR count). The van der Waals surface area contributed by atoms with E-state index in [9.17, 15) is 0 Å². The van der Waals surface area contributed by atoms with E-state index in [0.29, 0.717) is 0 Å². The Hall–Kier alpha value is -0.780. The molecule has 0 bridgehead atoms. The molecular weight excluding hydrogens is 264 g/mol. The fraction of sp³-hybridized carbons (Fsp3) is 0.727. The van der Waals surface area contributed by atoms with Crippen LogP contribution in [-0.2, 0) is 0 Å². The summed E-state index contributed by atoms with van der Waals surface area (Å²) in [4.78, 5) is 0. The van der Waals surface area contributed by atoms with Gasteiger partial charge in [0.05, 0.1) is 0 Å². The smallest absolute Gasteiger partial charge is 0.0136 e. The van der Waals surface area contributed by atoms with Crippen LogP contribution in [-0.4, -0.2) is 0 Å². The number of hydrogen-bond donors (Lipinski definition) is 0.